The van der Waals surface area contributed by atoms with Gasteiger partial charge in [0.1, 0.15) is 0 Å². The van der Waals surface area contributed by atoms with Crippen LogP contribution in [0.1, 0.15) is 29.8 Å². The average Bonchev–Trinajstić information content (AvgIpc) is 3.21. The first-order valence-corrected chi connectivity index (χ1v) is 9.51. The van der Waals surface area contributed by atoms with Gasteiger partial charge in [0.25, 0.3) is 5.91 Å². The standard InChI is InChI=1S/C21H20N4O3/c26-21(22-14-8-9-17-18(12-14)28-13-27-17)19-20(25-10-4-1-5-11-25)24-16-7-3-2-6-15(16)23-19/h2-3,6-9,12H,1,4-5,10-11,13H2,(H,22,26). The highest BCUT2D eigenvalue weighted by atomic mass is 16.7. The summed E-state index contributed by atoms with van der Waals surface area (Å²) in [6.07, 6.45) is 3.39. The lowest BCUT2D eigenvalue weighted by atomic mass is 10.1. The lowest BCUT2D eigenvalue weighted by Crippen LogP contribution is -2.33. The maximum Gasteiger partial charge on any atom is 0.278 e. The highest BCUT2D eigenvalue weighted by Crippen LogP contribution is 2.34. The van der Waals surface area contributed by atoms with Crippen molar-refractivity contribution in [3.8, 4) is 11.5 Å². The van der Waals surface area contributed by atoms with E-state index in [1.165, 1.54) is 6.42 Å². The monoisotopic (exact) mass is 376 g/mol. The van der Waals surface area contributed by atoms with Crippen LogP contribution in [-0.4, -0.2) is 35.8 Å². The molecule has 2 aliphatic rings. The molecule has 0 aliphatic carbocycles. The number of hydrogen-bond donors (Lipinski definition) is 1. The van der Waals surface area contributed by atoms with Crippen LogP contribution in [0.5, 0.6) is 11.5 Å². The summed E-state index contributed by atoms with van der Waals surface area (Å²) in [7, 11) is 0. The number of carbonyl (C=O) groups excluding carboxylic acids is 1. The first-order chi connectivity index (χ1) is 13.8. The molecule has 7 nitrogen and oxygen atoms in total. The smallest absolute Gasteiger partial charge is 0.278 e. The second-order valence-corrected chi connectivity index (χ2v) is 6.95. The number of carbonyl (C=O) groups is 1. The molecule has 0 saturated carbocycles. The third-order valence-electron chi connectivity index (χ3n) is 5.05. The molecule has 1 fully saturated rings. The van der Waals surface area contributed by atoms with Gasteiger partial charge < -0.3 is 19.7 Å². The van der Waals surface area contributed by atoms with E-state index in [9.17, 15) is 4.79 Å². The molecule has 1 N–H and O–H groups in total. The molecule has 1 saturated heterocycles. The highest BCUT2D eigenvalue weighted by molar-refractivity contribution is 6.07. The van der Waals surface area contributed by atoms with E-state index in [1.807, 2.05) is 24.3 Å². The minimum atomic E-state index is -0.280. The Labute approximate surface area is 162 Å². The van der Waals surface area contributed by atoms with Crippen molar-refractivity contribution in [2.45, 2.75) is 19.3 Å². The molecule has 3 heterocycles. The number of benzene rings is 2. The van der Waals surface area contributed by atoms with Crippen LogP contribution < -0.4 is 19.7 Å². The van der Waals surface area contributed by atoms with Crippen LogP contribution in [-0.2, 0) is 0 Å². The fraction of sp³-hybridized carbons (Fsp3) is 0.286. The van der Waals surface area contributed by atoms with Crippen molar-refractivity contribution in [1.29, 1.82) is 0 Å². The van der Waals surface area contributed by atoms with Crippen molar-refractivity contribution in [3.05, 3.63) is 48.2 Å². The summed E-state index contributed by atoms with van der Waals surface area (Å²) in [5, 5.41) is 2.93. The minimum absolute atomic E-state index is 0.196. The predicted octanol–water partition coefficient (Wildman–Crippen LogP) is 3.60. The van der Waals surface area contributed by atoms with Gasteiger partial charge >= 0.3 is 0 Å². The number of amides is 1. The van der Waals surface area contributed by atoms with Crippen molar-refractivity contribution < 1.29 is 14.3 Å². The fourth-order valence-corrected chi connectivity index (χ4v) is 3.63. The van der Waals surface area contributed by atoms with Crippen molar-refractivity contribution in [2.24, 2.45) is 0 Å². The molecule has 142 valence electrons. The minimum Gasteiger partial charge on any atom is -0.454 e. The van der Waals surface area contributed by atoms with Crippen LogP contribution in [0.2, 0.25) is 0 Å². The summed E-state index contributed by atoms with van der Waals surface area (Å²) >= 11 is 0. The van der Waals surface area contributed by atoms with Gasteiger partial charge in [0.2, 0.25) is 6.79 Å². The second kappa shape index (κ2) is 6.99. The van der Waals surface area contributed by atoms with E-state index in [0.29, 0.717) is 34.2 Å². The number of hydrogen-bond acceptors (Lipinski definition) is 6. The molecule has 1 aromatic heterocycles. The largest absolute Gasteiger partial charge is 0.454 e. The van der Waals surface area contributed by atoms with Crippen LogP contribution in [0, 0.1) is 0 Å². The number of piperidine rings is 1. The summed E-state index contributed by atoms with van der Waals surface area (Å²) in [5.41, 5.74) is 2.48. The lowest BCUT2D eigenvalue weighted by Gasteiger charge is -2.29. The van der Waals surface area contributed by atoms with Crippen LogP contribution in [0.3, 0.4) is 0 Å². The molecule has 0 radical (unpaired) electrons. The average molecular weight is 376 g/mol. The normalized spacial score (nSPS) is 15.6. The van der Waals surface area contributed by atoms with Gasteiger partial charge in [-0.05, 0) is 43.5 Å². The van der Waals surface area contributed by atoms with Gasteiger partial charge in [-0.2, -0.15) is 0 Å². The van der Waals surface area contributed by atoms with Gasteiger partial charge in [-0.15, -0.1) is 0 Å². The van der Waals surface area contributed by atoms with Crippen molar-refractivity contribution in [2.75, 3.05) is 30.1 Å². The summed E-state index contributed by atoms with van der Waals surface area (Å²) in [6.45, 7) is 1.97. The third-order valence-corrected chi connectivity index (χ3v) is 5.05. The van der Waals surface area contributed by atoms with E-state index in [1.54, 1.807) is 18.2 Å². The zero-order valence-electron chi connectivity index (χ0n) is 15.4. The molecule has 0 spiro atoms. The Bertz CT molecular complexity index is 1050. The molecule has 0 unspecified atom stereocenters. The molecule has 1 amide bonds. The predicted molar refractivity (Wildman–Crippen MR) is 106 cm³/mol. The van der Waals surface area contributed by atoms with Crippen LogP contribution in [0.15, 0.2) is 42.5 Å². The summed E-state index contributed by atoms with van der Waals surface area (Å²) in [5.74, 6) is 1.67. The summed E-state index contributed by atoms with van der Waals surface area (Å²) in [6, 6.07) is 13.0. The molecule has 0 atom stereocenters. The Morgan fingerprint density at radius 2 is 1.68 bits per heavy atom. The Morgan fingerprint density at radius 1 is 0.929 bits per heavy atom. The second-order valence-electron chi connectivity index (χ2n) is 6.95. The topological polar surface area (TPSA) is 76.6 Å². The Balaban J connectivity index is 1.51. The van der Waals surface area contributed by atoms with E-state index in [0.717, 1.165) is 31.4 Å². The molecule has 7 heteroatoms. The number of ether oxygens (including phenoxy) is 2. The van der Waals surface area contributed by atoms with Gasteiger partial charge in [-0.25, -0.2) is 9.97 Å². The zero-order chi connectivity index (χ0) is 18.9. The summed E-state index contributed by atoms with van der Waals surface area (Å²) in [4.78, 5) is 24.7. The molecule has 2 aliphatic heterocycles. The molecule has 28 heavy (non-hydrogen) atoms. The van der Waals surface area contributed by atoms with E-state index < -0.39 is 0 Å². The molecule has 0 bridgehead atoms. The lowest BCUT2D eigenvalue weighted by molar-refractivity contribution is 0.102. The third kappa shape index (κ3) is 3.09. The van der Waals surface area contributed by atoms with Crippen molar-refractivity contribution >= 4 is 28.4 Å². The molecule has 2 aromatic carbocycles. The maximum atomic E-state index is 13.1. The Kier molecular flexibility index (Phi) is 4.20. The number of rotatable bonds is 3. The van der Waals surface area contributed by atoms with E-state index in [4.69, 9.17) is 14.5 Å². The number of fused-ring (bicyclic) bond motifs is 2. The van der Waals surface area contributed by atoms with Crippen molar-refractivity contribution in [1.82, 2.24) is 9.97 Å². The number of anilines is 2. The van der Waals surface area contributed by atoms with E-state index in [-0.39, 0.29) is 12.7 Å². The first-order valence-electron chi connectivity index (χ1n) is 9.51. The fourth-order valence-electron chi connectivity index (χ4n) is 3.63. The van der Waals surface area contributed by atoms with E-state index >= 15 is 0 Å². The van der Waals surface area contributed by atoms with Crippen LogP contribution in [0.25, 0.3) is 11.0 Å². The van der Waals surface area contributed by atoms with E-state index in [2.05, 4.69) is 15.2 Å². The number of para-hydroxylation sites is 2. The summed E-state index contributed by atoms with van der Waals surface area (Å²) < 4.78 is 10.7. The van der Waals surface area contributed by atoms with Crippen LogP contribution >= 0.6 is 0 Å². The quantitative estimate of drug-likeness (QED) is 0.753. The molecular formula is C21H20N4O3. The maximum absolute atomic E-state index is 13.1. The van der Waals surface area contributed by atoms with Crippen LogP contribution in [0.4, 0.5) is 11.5 Å². The van der Waals surface area contributed by atoms with Gasteiger partial charge in [0.15, 0.2) is 23.0 Å². The first kappa shape index (κ1) is 16.8. The van der Waals surface area contributed by atoms with Gasteiger partial charge in [0, 0.05) is 24.8 Å². The van der Waals surface area contributed by atoms with Gasteiger partial charge in [0.05, 0.1) is 11.0 Å². The zero-order valence-corrected chi connectivity index (χ0v) is 15.4. The van der Waals surface area contributed by atoms with Gasteiger partial charge in [-0.1, -0.05) is 12.1 Å². The Hall–Kier alpha value is -3.35. The number of nitrogens with zero attached hydrogens (tertiary/aromatic N) is 3. The number of aromatic nitrogens is 2. The van der Waals surface area contributed by atoms with Crippen molar-refractivity contribution in [3.63, 3.8) is 0 Å². The Morgan fingerprint density at radius 3 is 2.50 bits per heavy atom. The number of nitrogens with one attached hydrogen (secondary N) is 1. The van der Waals surface area contributed by atoms with Gasteiger partial charge in [-0.3, -0.25) is 4.79 Å². The molecular weight excluding hydrogens is 356 g/mol. The highest BCUT2D eigenvalue weighted by Gasteiger charge is 2.23. The molecule has 3 aromatic rings. The SMILES string of the molecule is O=C(Nc1ccc2c(c1)OCO2)c1nc2ccccc2nc1N1CCCCC1. The molecule has 5 rings (SSSR count).